The van der Waals surface area contributed by atoms with E-state index in [0.717, 1.165) is 89.9 Å². The lowest BCUT2D eigenvalue weighted by Gasteiger charge is -2.30. The Kier molecular flexibility index (Phi) is 46.9. The third-order valence-corrected chi connectivity index (χ3v) is 12.5. The average Bonchev–Trinajstić information content (AvgIpc) is 3.32. The van der Waals surface area contributed by atoms with Crippen LogP contribution in [0.5, 0.6) is 0 Å². The number of ether oxygens (including phenoxy) is 1. The van der Waals surface area contributed by atoms with Crippen LogP contribution in [0.2, 0.25) is 0 Å². The van der Waals surface area contributed by atoms with Crippen molar-refractivity contribution in [1.29, 1.82) is 0 Å². The summed E-state index contributed by atoms with van der Waals surface area (Å²) in [5, 5.41) is 2.99. The van der Waals surface area contributed by atoms with Gasteiger partial charge in [-0.3, -0.25) is 14.2 Å². The van der Waals surface area contributed by atoms with Gasteiger partial charge >= 0.3 is 5.97 Å². The molecule has 0 aliphatic heterocycles. The molecule has 0 aliphatic rings. The van der Waals surface area contributed by atoms with Crippen LogP contribution in [-0.2, 0) is 27.9 Å². The summed E-state index contributed by atoms with van der Waals surface area (Å²) in [4.78, 5) is 39.8. The molecule has 1 amide bonds. The van der Waals surface area contributed by atoms with E-state index in [2.05, 4.69) is 123 Å². The normalized spacial score (nSPS) is 14.7. The molecule has 0 aromatic carbocycles. The van der Waals surface area contributed by atoms with Gasteiger partial charge in [-0.05, 0) is 89.5 Å². The van der Waals surface area contributed by atoms with Crippen LogP contribution in [0.15, 0.2) is 109 Å². The number of phosphoric acid groups is 1. The second kappa shape index (κ2) is 49.3. The van der Waals surface area contributed by atoms with Gasteiger partial charge in [0.05, 0.1) is 33.8 Å². The molecule has 0 fully saturated rings. The fourth-order valence-corrected chi connectivity index (χ4v) is 7.98. The van der Waals surface area contributed by atoms with Crippen molar-refractivity contribution in [2.45, 2.75) is 219 Å². The molecule has 0 spiro atoms. The van der Waals surface area contributed by atoms with Crippen LogP contribution in [0.3, 0.4) is 0 Å². The van der Waals surface area contributed by atoms with Gasteiger partial charge in [0.15, 0.2) is 0 Å². The second-order valence-corrected chi connectivity index (χ2v) is 20.8. The summed E-state index contributed by atoms with van der Waals surface area (Å²) < 4.78 is 30.1. The van der Waals surface area contributed by atoms with Crippen LogP contribution in [0.25, 0.3) is 0 Å². The number of allylic oxidation sites excluding steroid dienone is 17. The number of carbonyl (C=O) groups excluding carboxylic acids is 2. The predicted molar refractivity (Wildman–Crippen MR) is 297 cm³/mol. The van der Waals surface area contributed by atoms with Crippen LogP contribution in [0.4, 0.5) is 0 Å². The quantitative estimate of drug-likeness (QED) is 0.0161. The summed E-state index contributed by atoms with van der Waals surface area (Å²) in [5.41, 5.74) is 0. The van der Waals surface area contributed by atoms with E-state index in [4.69, 9.17) is 13.8 Å². The fourth-order valence-electron chi connectivity index (χ4n) is 7.26. The minimum Gasteiger partial charge on any atom is -0.756 e. The fraction of sp³-hybridized carbons (Fsp3) is 0.667. The van der Waals surface area contributed by atoms with Crippen LogP contribution >= 0.6 is 7.82 Å². The average molecular weight is 995 g/mol. The first kappa shape index (κ1) is 66.7. The number of amides is 1. The number of hydrogen-bond acceptors (Lipinski definition) is 7. The van der Waals surface area contributed by atoms with Gasteiger partial charge in [-0.1, -0.05) is 214 Å². The smallest absolute Gasteiger partial charge is 0.306 e. The van der Waals surface area contributed by atoms with Crippen molar-refractivity contribution in [2.75, 3.05) is 40.9 Å². The maximum Gasteiger partial charge on any atom is 0.306 e. The lowest BCUT2D eigenvalue weighted by molar-refractivity contribution is -0.870. The van der Waals surface area contributed by atoms with Crippen LogP contribution in [-0.4, -0.2) is 69.4 Å². The van der Waals surface area contributed by atoms with E-state index in [1.165, 1.54) is 70.6 Å². The Bertz CT molecular complexity index is 1570. The number of quaternary nitrogens is 1. The van der Waals surface area contributed by atoms with Gasteiger partial charge < -0.3 is 28.5 Å². The SMILES string of the molecule is CC/C=C\C/C=C\C/C=C\C/C=C\C/C=C\CCCC(=O)OC(/C=C/CCCCCCCCCCCC)C(COP(=O)([O-])OCC[N+](C)(C)C)NC(=O)CCCCCCCCC/C=C/C=C/C=C/CC. The van der Waals surface area contributed by atoms with E-state index >= 15 is 0 Å². The van der Waals surface area contributed by atoms with Gasteiger partial charge in [0.25, 0.3) is 7.82 Å². The maximum atomic E-state index is 13.5. The highest BCUT2D eigenvalue weighted by atomic mass is 31.2. The highest BCUT2D eigenvalue weighted by Gasteiger charge is 2.27. The minimum atomic E-state index is -4.72. The molecular formula is C60H103N2O7P. The molecule has 0 saturated heterocycles. The van der Waals surface area contributed by atoms with Crippen molar-refractivity contribution in [3.05, 3.63) is 109 Å². The summed E-state index contributed by atoms with van der Waals surface area (Å²) >= 11 is 0. The van der Waals surface area contributed by atoms with Crippen molar-refractivity contribution < 1.29 is 37.3 Å². The highest BCUT2D eigenvalue weighted by Crippen LogP contribution is 2.38. The topological polar surface area (TPSA) is 114 Å². The first-order chi connectivity index (χ1) is 33.9. The molecule has 3 atom stereocenters. The molecule has 0 aliphatic carbocycles. The molecule has 0 radical (unpaired) electrons. The number of unbranched alkanes of at least 4 members (excludes halogenated alkanes) is 18. The standard InChI is InChI=1S/C60H103N2O7P/c1-7-10-13-16-19-22-25-28-30-31-33-35-38-41-44-47-50-53-60(64)69-58(51-48-45-42-39-36-27-24-21-18-15-12-9-3)57(56-68-70(65,66)67-55-54-62(4,5)6)61-59(63)52-49-46-43-40-37-34-32-29-26-23-20-17-14-11-8-2/h10-11,13-14,17,19-20,22-23,26,28,30,33,35,41,44,48,51,57-58H,7-9,12,15-16,18,21,24-25,27,29,31-32,34,36-40,42-43,45-47,49-50,52-56H2,1-6H3,(H-,61,63,65,66)/b13-10-,14-11+,20-17+,22-19-,26-23+,30-28-,35-33-,44-41-,51-48+. The Morgan fingerprint density at radius 1 is 0.529 bits per heavy atom. The molecule has 0 bridgehead atoms. The van der Waals surface area contributed by atoms with Gasteiger partial charge in [-0.15, -0.1) is 0 Å². The number of carbonyl (C=O) groups is 2. The highest BCUT2D eigenvalue weighted by molar-refractivity contribution is 7.45. The van der Waals surface area contributed by atoms with Crippen molar-refractivity contribution in [2.24, 2.45) is 0 Å². The Morgan fingerprint density at radius 2 is 1.00 bits per heavy atom. The number of phosphoric ester groups is 1. The molecule has 3 unspecified atom stereocenters. The minimum absolute atomic E-state index is 0.0395. The summed E-state index contributed by atoms with van der Waals surface area (Å²) in [6, 6.07) is -0.923. The van der Waals surface area contributed by atoms with Crippen LogP contribution in [0, 0.1) is 0 Å². The van der Waals surface area contributed by atoms with Gasteiger partial charge in [-0.2, -0.15) is 0 Å². The monoisotopic (exact) mass is 995 g/mol. The molecule has 0 heterocycles. The van der Waals surface area contributed by atoms with Gasteiger partial charge in [-0.25, -0.2) is 0 Å². The second-order valence-electron chi connectivity index (χ2n) is 19.4. The Balaban J connectivity index is 5.50. The molecule has 0 aromatic rings. The van der Waals surface area contributed by atoms with E-state index in [-0.39, 0.29) is 25.4 Å². The number of nitrogens with one attached hydrogen (secondary N) is 1. The van der Waals surface area contributed by atoms with Gasteiger partial charge in [0.1, 0.15) is 19.3 Å². The molecule has 70 heavy (non-hydrogen) atoms. The number of rotatable bonds is 48. The van der Waals surface area contributed by atoms with E-state index < -0.39 is 32.5 Å². The van der Waals surface area contributed by atoms with Gasteiger partial charge in [0.2, 0.25) is 5.91 Å². The summed E-state index contributed by atoms with van der Waals surface area (Å²) in [6.07, 6.45) is 66.3. The Labute approximate surface area is 430 Å². The van der Waals surface area contributed by atoms with Crippen LogP contribution < -0.4 is 10.2 Å². The Hall–Kier alpha value is -3.33. The lowest BCUT2D eigenvalue weighted by Crippen LogP contribution is -2.47. The first-order valence-corrected chi connectivity index (χ1v) is 29.2. The molecule has 1 N–H and O–H groups in total. The summed E-state index contributed by atoms with van der Waals surface area (Å²) in [5.74, 6) is -0.633. The number of hydrogen-bond donors (Lipinski definition) is 1. The zero-order chi connectivity index (χ0) is 51.5. The predicted octanol–water partition coefficient (Wildman–Crippen LogP) is 16.0. The summed E-state index contributed by atoms with van der Waals surface area (Å²) in [7, 11) is 1.13. The molecule has 400 valence electrons. The first-order valence-electron chi connectivity index (χ1n) is 27.7. The number of nitrogens with zero attached hydrogens (tertiary/aromatic N) is 1. The molecule has 0 aromatic heterocycles. The number of esters is 1. The van der Waals surface area contributed by atoms with E-state index in [0.29, 0.717) is 23.9 Å². The summed E-state index contributed by atoms with van der Waals surface area (Å²) in [6.45, 7) is 6.52. The largest absolute Gasteiger partial charge is 0.756 e. The molecular weight excluding hydrogens is 892 g/mol. The van der Waals surface area contributed by atoms with E-state index in [1.54, 1.807) is 6.08 Å². The van der Waals surface area contributed by atoms with Gasteiger partial charge in [0, 0.05) is 12.8 Å². The maximum absolute atomic E-state index is 13.5. The van der Waals surface area contributed by atoms with E-state index in [1.807, 2.05) is 27.2 Å². The van der Waals surface area contributed by atoms with Crippen molar-refractivity contribution in [1.82, 2.24) is 5.32 Å². The lowest BCUT2D eigenvalue weighted by atomic mass is 10.0. The van der Waals surface area contributed by atoms with Crippen molar-refractivity contribution in [3.63, 3.8) is 0 Å². The Morgan fingerprint density at radius 3 is 1.54 bits per heavy atom. The molecule has 10 heteroatoms. The number of likely N-dealkylation sites (N-methyl/N-ethyl adjacent to an activating group) is 1. The zero-order valence-corrected chi connectivity index (χ0v) is 46.3. The zero-order valence-electron chi connectivity index (χ0n) is 45.4. The third-order valence-electron chi connectivity index (χ3n) is 11.5. The third kappa shape index (κ3) is 49.6. The van der Waals surface area contributed by atoms with Crippen LogP contribution in [0.1, 0.15) is 207 Å². The molecule has 0 rings (SSSR count). The molecule has 9 nitrogen and oxygen atoms in total. The van der Waals surface area contributed by atoms with Crippen molar-refractivity contribution >= 4 is 19.7 Å². The van der Waals surface area contributed by atoms with Crippen molar-refractivity contribution in [3.8, 4) is 0 Å². The molecule has 0 saturated carbocycles. The van der Waals surface area contributed by atoms with E-state index in [9.17, 15) is 19.0 Å².